The van der Waals surface area contributed by atoms with Crippen LogP contribution in [0.15, 0.2) is 40.3 Å². The highest BCUT2D eigenvalue weighted by atomic mass is 16.7. The van der Waals surface area contributed by atoms with Crippen molar-refractivity contribution in [3.8, 4) is 17.1 Å². The highest BCUT2D eigenvalue weighted by Crippen LogP contribution is 2.39. The van der Waals surface area contributed by atoms with E-state index in [1.165, 1.54) is 44.4 Å². The number of esters is 2. The molecule has 0 saturated carbocycles. The molecule has 1 saturated heterocycles. The zero-order valence-electron chi connectivity index (χ0n) is 17.2. The molecule has 0 amide bonds. The minimum Gasteiger partial charge on any atom is -0.496 e. The van der Waals surface area contributed by atoms with Gasteiger partial charge in [-0.05, 0) is 18.2 Å². The van der Waals surface area contributed by atoms with Gasteiger partial charge in [0.25, 0.3) is 11.5 Å². The van der Waals surface area contributed by atoms with Crippen LogP contribution in [0.25, 0.3) is 17.4 Å². The molecule has 9 heteroatoms. The van der Waals surface area contributed by atoms with Gasteiger partial charge in [-0.15, -0.1) is 0 Å². The Bertz CT molecular complexity index is 1040. The number of carbonyl (C=O) groups is 2. The van der Waals surface area contributed by atoms with Crippen LogP contribution in [0.2, 0.25) is 0 Å². The third-order valence-corrected chi connectivity index (χ3v) is 4.95. The van der Waals surface area contributed by atoms with Crippen molar-refractivity contribution in [3.63, 3.8) is 0 Å². The summed E-state index contributed by atoms with van der Waals surface area (Å²) in [5.74, 6) is -2.25. The van der Waals surface area contributed by atoms with Crippen LogP contribution in [-0.2, 0) is 19.1 Å². The molecule has 0 radical (unpaired) electrons. The van der Waals surface area contributed by atoms with Gasteiger partial charge in [-0.25, -0.2) is 9.59 Å². The molecule has 1 aliphatic heterocycles. The first-order chi connectivity index (χ1) is 13.9. The number of nitro groups is 1. The zero-order chi connectivity index (χ0) is 22.3. The number of cyclic esters (lactones) is 2. The van der Waals surface area contributed by atoms with E-state index in [0.717, 1.165) is 0 Å². The van der Waals surface area contributed by atoms with Gasteiger partial charge >= 0.3 is 11.9 Å². The molecule has 1 aliphatic rings. The molecule has 158 valence electrons. The van der Waals surface area contributed by atoms with Gasteiger partial charge in [-0.3, -0.25) is 10.1 Å². The second-order valence-electron chi connectivity index (χ2n) is 7.88. The maximum Gasteiger partial charge on any atom is 0.349 e. The molecule has 0 aliphatic carbocycles. The molecule has 1 aromatic heterocycles. The maximum atomic E-state index is 12.4. The Labute approximate surface area is 172 Å². The number of hydrogen-bond donors (Lipinski definition) is 0. The molecular formula is C21H21NO8. The summed E-state index contributed by atoms with van der Waals surface area (Å²) < 4.78 is 21.7. The van der Waals surface area contributed by atoms with Gasteiger partial charge in [0.2, 0.25) is 0 Å². The molecular weight excluding hydrogens is 394 g/mol. The average molecular weight is 415 g/mol. The minimum atomic E-state index is -1.40. The summed E-state index contributed by atoms with van der Waals surface area (Å²) in [6.07, 6.45) is 1.21. The van der Waals surface area contributed by atoms with Crippen molar-refractivity contribution in [2.24, 2.45) is 5.41 Å². The molecule has 3 rings (SSSR count). The number of rotatable bonds is 4. The van der Waals surface area contributed by atoms with Crippen LogP contribution in [-0.4, -0.2) is 29.8 Å². The first kappa shape index (κ1) is 21.1. The number of non-ortho nitro benzene ring substituents is 1. The summed E-state index contributed by atoms with van der Waals surface area (Å²) in [6.45, 7) is 6.88. The highest BCUT2D eigenvalue weighted by molar-refractivity contribution is 6.18. The molecule has 30 heavy (non-hydrogen) atoms. The monoisotopic (exact) mass is 415 g/mol. The number of nitro benzene ring substituents is 1. The first-order valence-corrected chi connectivity index (χ1v) is 9.06. The van der Waals surface area contributed by atoms with Gasteiger partial charge in [-0.2, -0.15) is 0 Å². The van der Waals surface area contributed by atoms with Crippen molar-refractivity contribution in [1.82, 2.24) is 0 Å². The minimum absolute atomic E-state index is 0.136. The van der Waals surface area contributed by atoms with Crippen LogP contribution in [0.3, 0.4) is 0 Å². The van der Waals surface area contributed by atoms with E-state index in [1.54, 1.807) is 26.8 Å². The Morgan fingerprint density at radius 3 is 2.27 bits per heavy atom. The smallest absolute Gasteiger partial charge is 0.349 e. The number of nitrogens with zero attached hydrogens (tertiary/aromatic N) is 1. The van der Waals surface area contributed by atoms with Crippen molar-refractivity contribution in [2.45, 2.75) is 33.5 Å². The second kappa shape index (κ2) is 7.33. The van der Waals surface area contributed by atoms with Crippen molar-refractivity contribution >= 4 is 23.7 Å². The number of ether oxygens (including phenoxy) is 3. The lowest BCUT2D eigenvalue weighted by Gasteiger charge is -2.42. The van der Waals surface area contributed by atoms with Gasteiger partial charge in [-0.1, -0.05) is 20.8 Å². The van der Waals surface area contributed by atoms with Crippen LogP contribution in [0.4, 0.5) is 5.69 Å². The van der Waals surface area contributed by atoms with Crippen LogP contribution in [0, 0.1) is 15.5 Å². The van der Waals surface area contributed by atoms with Crippen LogP contribution in [0.5, 0.6) is 5.75 Å². The van der Waals surface area contributed by atoms with E-state index in [-0.39, 0.29) is 22.8 Å². The Kier molecular flexibility index (Phi) is 5.15. The van der Waals surface area contributed by atoms with Crippen LogP contribution in [0.1, 0.15) is 33.5 Å². The van der Waals surface area contributed by atoms with Gasteiger partial charge < -0.3 is 18.6 Å². The van der Waals surface area contributed by atoms with Crippen molar-refractivity contribution in [1.29, 1.82) is 0 Å². The predicted molar refractivity (Wildman–Crippen MR) is 105 cm³/mol. The molecule has 2 aromatic rings. The standard InChI is InChI=1S/C21H21NO8/c1-20(2,3)21(4)29-18(23)15(19(24)30-21)11-13-7-9-17(28-13)14-10-12(22(25)26)6-8-16(14)27-5/h6-11H,1-5H3. The third kappa shape index (κ3) is 3.78. The first-order valence-electron chi connectivity index (χ1n) is 9.06. The van der Waals surface area contributed by atoms with E-state index in [9.17, 15) is 19.7 Å². The SMILES string of the molecule is COc1ccc([N+](=O)[O-])cc1-c1ccc(C=C2C(=O)OC(C)(C(C)(C)C)OC2=O)o1. The van der Waals surface area contributed by atoms with Gasteiger partial charge in [0.05, 0.1) is 17.6 Å². The summed E-state index contributed by atoms with van der Waals surface area (Å²) in [5, 5.41) is 11.1. The topological polar surface area (TPSA) is 118 Å². The summed E-state index contributed by atoms with van der Waals surface area (Å²) in [5.41, 5.74) is -0.725. The van der Waals surface area contributed by atoms with E-state index in [4.69, 9.17) is 18.6 Å². The molecule has 2 heterocycles. The lowest BCUT2D eigenvalue weighted by Crippen LogP contribution is -2.52. The lowest BCUT2D eigenvalue weighted by atomic mass is 9.86. The lowest BCUT2D eigenvalue weighted by molar-refractivity contribution is -0.384. The fourth-order valence-electron chi connectivity index (χ4n) is 2.71. The zero-order valence-corrected chi connectivity index (χ0v) is 17.2. The molecule has 0 unspecified atom stereocenters. The summed E-state index contributed by atoms with van der Waals surface area (Å²) >= 11 is 0. The largest absolute Gasteiger partial charge is 0.496 e. The molecule has 1 aromatic carbocycles. The fourth-order valence-corrected chi connectivity index (χ4v) is 2.71. The van der Waals surface area contributed by atoms with Gasteiger partial charge in [0.1, 0.15) is 22.8 Å². The Morgan fingerprint density at radius 1 is 1.10 bits per heavy atom. The van der Waals surface area contributed by atoms with Crippen molar-refractivity contribution < 1.29 is 33.1 Å². The number of hydrogen-bond acceptors (Lipinski definition) is 8. The predicted octanol–water partition coefficient (Wildman–Crippen LogP) is 4.11. The van der Waals surface area contributed by atoms with E-state index in [2.05, 4.69) is 0 Å². The maximum absolute atomic E-state index is 12.4. The number of benzene rings is 1. The Morgan fingerprint density at radius 2 is 1.73 bits per heavy atom. The van der Waals surface area contributed by atoms with Crippen LogP contribution >= 0.6 is 0 Å². The second-order valence-corrected chi connectivity index (χ2v) is 7.88. The molecule has 9 nitrogen and oxygen atoms in total. The van der Waals surface area contributed by atoms with E-state index >= 15 is 0 Å². The molecule has 0 bridgehead atoms. The fraction of sp³-hybridized carbons (Fsp3) is 0.333. The normalized spacial score (nSPS) is 19.2. The van der Waals surface area contributed by atoms with Gasteiger partial charge in [0.15, 0.2) is 0 Å². The number of carbonyl (C=O) groups excluding carboxylic acids is 2. The Balaban J connectivity index is 1.94. The Hall–Kier alpha value is -3.62. The molecule has 0 N–H and O–H groups in total. The quantitative estimate of drug-likeness (QED) is 0.241. The summed E-state index contributed by atoms with van der Waals surface area (Å²) in [4.78, 5) is 35.4. The number of furan rings is 1. The van der Waals surface area contributed by atoms with Gasteiger partial charge in [0, 0.05) is 30.5 Å². The average Bonchev–Trinajstić information content (AvgIpc) is 3.11. The summed E-state index contributed by atoms with van der Waals surface area (Å²) in [7, 11) is 1.43. The summed E-state index contributed by atoms with van der Waals surface area (Å²) in [6, 6.07) is 7.14. The van der Waals surface area contributed by atoms with Crippen LogP contribution < -0.4 is 4.74 Å². The molecule has 1 fully saturated rings. The number of methoxy groups -OCH3 is 1. The van der Waals surface area contributed by atoms with Crippen molar-refractivity contribution in [3.05, 3.63) is 51.8 Å². The van der Waals surface area contributed by atoms with E-state index in [1.807, 2.05) is 0 Å². The van der Waals surface area contributed by atoms with E-state index < -0.39 is 28.1 Å². The highest BCUT2D eigenvalue weighted by Gasteiger charge is 2.50. The third-order valence-electron chi connectivity index (χ3n) is 4.95. The molecule has 0 spiro atoms. The molecule has 0 atom stereocenters. The van der Waals surface area contributed by atoms with E-state index in [0.29, 0.717) is 11.3 Å². The van der Waals surface area contributed by atoms with Crippen molar-refractivity contribution in [2.75, 3.05) is 7.11 Å².